The number of aromatic nitrogens is 3. The average Bonchev–Trinajstić information content (AvgIpc) is 1.61. The number of aromatic amines is 2. The van der Waals surface area contributed by atoms with E-state index in [-0.39, 0.29) is 141 Å². The number of hydrogen-bond donors (Lipinski definition) is 26. The monoisotopic (exact) mass is 1650 g/mol. The molecule has 43 heteroatoms. The van der Waals surface area contributed by atoms with E-state index < -0.39 is 180 Å². The molecule has 4 rings (SSSR count). The zero-order chi connectivity index (χ0) is 86.8. The molecular weight excluding hydrogens is 1520 g/mol. The van der Waals surface area contributed by atoms with Gasteiger partial charge in [0.15, 0.2) is 5.96 Å². The quantitative estimate of drug-likeness (QED) is 0.0142. The number of fused-ring (bicyclic) bond motifs is 1. The summed E-state index contributed by atoms with van der Waals surface area (Å²) in [5, 5.41) is 63.0. The number of rotatable bonds is 56. The molecule has 0 saturated carbocycles. The zero-order valence-corrected chi connectivity index (χ0v) is 67.2. The number of unbranched alkanes of at least 4 members (excludes halogenated alkanes) is 3. The summed E-state index contributed by atoms with van der Waals surface area (Å²) in [7, 11) is 0. The van der Waals surface area contributed by atoms with E-state index in [1.165, 1.54) is 24.3 Å². The minimum absolute atomic E-state index is 0.0342. The molecule has 117 heavy (non-hydrogen) atoms. The maximum atomic E-state index is 14.6. The normalized spacial score (nSPS) is 16.2. The van der Waals surface area contributed by atoms with Crippen LogP contribution in [0.15, 0.2) is 48.0 Å². The summed E-state index contributed by atoms with van der Waals surface area (Å²) in [6.45, 7) is 5.47. The zero-order valence-electron chi connectivity index (χ0n) is 67.2. The van der Waals surface area contributed by atoms with Crippen LogP contribution >= 0.6 is 0 Å². The predicted molar refractivity (Wildman–Crippen MR) is 431 cm³/mol. The Morgan fingerprint density at radius 3 is 1.47 bits per heavy atom. The second-order valence-corrected chi connectivity index (χ2v) is 29.4. The van der Waals surface area contributed by atoms with E-state index in [9.17, 15) is 82.4 Å². The van der Waals surface area contributed by atoms with Crippen LogP contribution in [0.25, 0.3) is 10.9 Å². The number of aliphatic hydroxyl groups is 2. The SMILES string of the molecule is CC(C)C[C@H](NC(=O)[C@H](CCN)NC(=O)[C@H](CCCN=C(N)N)NC(=O)[C@@H]1CCCN1C(=O)[C@@H](N)CCN)C(=O)N[C@@H](Cc1cnc[nH]1)C(=O)N[C@@H](CO)C(=O)N[C@@H](CCN)C(=O)N[C@@H](C)C(=O)N[C@H](C(=O)N[C@@H](CCCCN)C(=O)N[C@@H](Cc1c[nH]c2ccccc12)C(=O)N[C@@H](CCCCN)C(=O)N[C@@H](CCCCN)C(=O)O)[C@@H](C)O. The van der Waals surface area contributed by atoms with E-state index >= 15 is 0 Å². The molecule has 0 aliphatic carbocycles. The molecule has 1 aromatic carbocycles. The fourth-order valence-corrected chi connectivity index (χ4v) is 13.0. The van der Waals surface area contributed by atoms with Gasteiger partial charge >= 0.3 is 5.97 Å². The second-order valence-electron chi connectivity index (χ2n) is 29.4. The van der Waals surface area contributed by atoms with Gasteiger partial charge < -0.3 is 146 Å². The van der Waals surface area contributed by atoms with Crippen molar-refractivity contribution in [1.29, 1.82) is 0 Å². The maximum absolute atomic E-state index is 14.6. The number of hydrogen-bond acceptors (Lipinski definition) is 25. The lowest BCUT2D eigenvalue weighted by atomic mass is 10.0. The van der Waals surface area contributed by atoms with Crippen LogP contribution < -0.4 is 115 Å². The topological polar surface area (TPSA) is 738 Å². The van der Waals surface area contributed by atoms with Crippen LogP contribution in [0.3, 0.4) is 0 Å². The molecule has 0 spiro atoms. The number of aliphatic imine (C=N–C) groups is 1. The van der Waals surface area contributed by atoms with Gasteiger partial charge in [-0.2, -0.15) is 0 Å². The van der Waals surface area contributed by atoms with Crippen molar-refractivity contribution < 1.29 is 82.4 Å². The Bertz CT molecular complexity index is 3730. The number of guanidine groups is 1. The third kappa shape index (κ3) is 33.5. The van der Waals surface area contributed by atoms with E-state index in [0.29, 0.717) is 67.2 Å². The largest absolute Gasteiger partial charge is 0.480 e. The Labute approximate surface area is 679 Å². The van der Waals surface area contributed by atoms with Crippen molar-refractivity contribution in [2.24, 2.45) is 62.5 Å². The lowest BCUT2D eigenvalue weighted by molar-refractivity contribution is -0.142. The number of likely N-dealkylation sites (tertiary alicyclic amines) is 1. The van der Waals surface area contributed by atoms with Crippen LogP contribution in [0.5, 0.6) is 0 Å². The number of para-hydroxylation sites is 1. The van der Waals surface area contributed by atoms with Gasteiger partial charge in [0.2, 0.25) is 76.8 Å². The van der Waals surface area contributed by atoms with Gasteiger partial charge in [-0.3, -0.25) is 67.3 Å². The number of carbonyl (C=O) groups excluding carboxylic acids is 13. The number of carboxylic acids is 1. The summed E-state index contributed by atoms with van der Waals surface area (Å²) in [6.07, 6.45) is 4.90. The summed E-state index contributed by atoms with van der Waals surface area (Å²) in [4.78, 5) is 212. The van der Waals surface area contributed by atoms with Gasteiger partial charge in [-0.05, 0) is 180 Å². The first-order valence-electron chi connectivity index (χ1n) is 39.8. The summed E-state index contributed by atoms with van der Waals surface area (Å²) in [6, 6.07) is -12.9. The lowest BCUT2D eigenvalue weighted by Gasteiger charge is -2.29. The Morgan fingerprint density at radius 2 is 0.966 bits per heavy atom. The van der Waals surface area contributed by atoms with Crippen LogP contribution in [0.1, 0.15) is 148 Å². The molecule has 2 aromatic heterocycles. The van der Waals surface area contributed by atoms with Crippen molar-refractivity contribution in [2.75, 3.05) is 59.0 Å². The van der Waals surface area contributed by atoms with E-state index in [1.54, 1.807) is 44.3 Å². The van der Waals surface area contributed by atoms with Gasteiger partial charge in [0.05, 0.1) is 25.1 Å². The molecule has 1 saturated heterocycles. The summed E-state index contributed by atoms with van der Waals surface area (Å²) >= 11 is 0. The van der Waals surface area contributed by atoms with Gasteiger partial charge in [0.25, 0.3) is 0 Å². The molecule has 13 amide bonds. The lowest BCUT2D eigenvalue weighted by Crippen LogP contribution is -2.62. The van der Waals surface area contributed by atoms with E-state index in [0.717, 1.165) is 6.92 Å². The third-order valence-electron chi connectivity index (χ3n) is 19.4. The van der Waals surface area contributed by atoms with Gasteiger partial charge in [0.1, 0.15) is 78.5 Å². The fourth-order valence-electron chi connectivity index (χ4n) is 13.0. The van der Waals surface area contributed by atoms with E-state index in [1.807, 2.05) is 0 Å². The van der Waals surface area contributed by atoms with Crippen molar-refractivity contribution in [1.82, 2.24) is 83.7 Å². The Balaban J connectivity index is 1.51. The first-order chi connectivity index (χ1) is 55.7. The number of amides is 13. The van der Waals surface area contributed by atoms with Crippen molar-refractivity contribution in [3.63, 3.8) is 0 Å². The van der Waals surface area contributed by atoms with Gasteiger partial charge in [-0.25, -0.2) is 9.78 Å². The van der Waals surface area contributed by atoms with Gasteiger partial charge in [-0.1, -0.05) is 32.0 Å². The van der Waals surface area contributed by atoms with Crippen LogP contribution in [0, 0.1) is 5.92 Å². The van der Waals surface area contributed by atoms with Crippen molar-refractivity contribution in [3.8, 4) is 0 Å². The van der Waals surface area contributed by atoms with Crippen molar-refractivity contribution in [3.05, 3.63) is 54.2 Å². The molecule has 1 aliphatic heterocycles. The third-order valence-corrected chi connectivity index (χ3v) is 19.4. The number of nitrogens with zero attached hydrogens (tertiary/aromatic N) is 3. The number of carboxylic acid groups (broad SMARTS) is 1. The summed E-state index contributed by atoms with van der Waals surface area (Å²) in [5.41, 5.74) is 53.4. The number of aliphatic carboxylic acids is 1. The summed E-state index contributed by atoms with van der Waals surface area (Å²) in [5.74, 6) is -13.6. The number of imidazole rings is 1. The number of H-pyrrole nitrogens is 2. The smallest absolute Gasteiger partial charge is 0.326 e. The second kappa shape index (κ2) is 52.2. The van der Waals surface area contributed by atoms with Crippen LogP contribution in [0.4, 0.5) is 0 Å². The van der Waals surface area contributed by atoms with E-state index in [4.69, 9.17) is 51.6 Å². The molecule has 3 aromatic rings. The molecule has 15 atom stereocenters. The Morgan fingerprint density at radius 1 is 0.513 bits per heavy atom. The average molecular weight is 1650 g/mol. The molecule has 1 fully saturated rings. The molecule has 0 bridgehead atoms. The highest BCUT2D eigenvalue weighted by Crippen LogP contribution is 2.22. The first kappa shape index (κ1) is 98.8. The molecule has 1 aliphatic rings. The Hall–Kier alpha value is -10.5. The van der Waals surface area contributed by atoms with Gasteiger partial charge in [-0.15, -0.1) is 0 Å². The molecule has 0 unspecified atom stereocenters. The molecule has 35 N–H and O–H groups in total. The first-order valence-corrected chi connectivity index (χ1v) is 39.8. The molecule has 3 heterocycles. The number of carbonyl (C=O) groups is 14. The van der Waals surface area contributed by atoms with Crippen LogP contribution in [0.2, 0.25) is 0 Å². The molecule has 0 radical (unpaired) electrons. The summed E-state index contributed by atoms with van der Waals surface area (Å²) < 4.78 is 0. The van der Waals surface area contributed by atoms with Crippen molar-refractivity contribution >= 4 is 99.6 Å². The minimum atomic E-state index is -1.84. The van der Waals surface area contributed by atoms with Crippen LogP contribution in [-0.2, 0) is 80.0 Å². The highest BCUT2D eigenvalue weighted by atomic mass is 16.4. The molecule has 654 valence electrons. The number of benzene rings is 1. The number of nitrogens with one attached hydrogen (secondary N) is 14. The molecular formula is C74H126N26O17. The predicted octanol–water partition coefficient (Wildman–Crippen LogP) is -8.18. The molecule has 43 nitrogen and oxygen atoms in total. The van der Waals surface area contributed by atoms with E-state index in [2.05, 4.69) is 83.7 Å². The highest BCUT2D eigenvalue weighted by Gasteiger charge is 2.41. The fraction of sp³-hybridized carbons (Fsp3) is 0.649. The van der Waals surface area contributed by atoms with Crippen LogP contribution in [-0.4, -0.2) is 274 Å². The number of aliphatic hydroxyl groups excluding tert-OH is 2. The standard InChI is InChI=1S/C74H126N26O17/c1-40(2)33-54(95-65(108)52(24-30-80)90-62(105)50(20-13-31-85-74(82)83)92-70(113)58-21-14-32-100(58)72(115)46(81)22-28-78)66(109)97-56(35-44-37-84-39-87-44)68(111)98-57(38-101)69(112)91-51(23-29-79)61(104)88-41(3)60(103)99-59(42(4)102)71(114)93-49(18-8-11-26-76)64(107)96-55(34-43-36-86-47-16-6-5-15-45(43)47)67(110)89-48(17-7-10-25-75)63(106)94-53(73(116)117)19-9-12-27-77/h5-6,15-16,36-37,39-42,46,48-59,86,101-102H,7-14,17-35,38,75-81H2,1-4H3,(H,84,87)(H,88,104)(H,89,110)(H,90,105)(H,91,112)(H,92,113)(H,93,114)(H,94,106)(H,95,108)(H,96,107)(H,97,109)(H,98,111)(H,99,103)(H,116,117)(H4,82,83,85)/t41-,42+,46-,48-,49-,50-,51-,52-,53-,54-,55-,56-,57-,58-,59-/m0/s1. The van der Waals surface area contributed by atoms with Crippen molar-refractivity contribution in [2.45, 2.75) is 240 Å². The number of nitrogens with two attached hydrogens (primary N) is 9. The Kier molecular flexibility index (Phi) is 44.1. The maximum Gasteiger partial charge on any atom is 0.326 e. The minimum Gasteiger partial charge on any atom is -0.480 e. The van der Waals surface area contributed by atoms with Gasteiger partial charge in [0, 0.05) is 54.9 Å². The highest BCUT2D eigenvalue weighted by molar-refractivity contribution is 6.01.